The van der Waals surface area contributed by atoms with Crippen molar-refractivity contribution in [3.05, 3.63) is 23.5 Å². The van der Waals surface area contributed by atoms with Crippen LogP contribution in [0.25, 0.3) is 0 Å². The second kappa shape index (κ2) is 4.92. The first-order valence-electron chi connectivity index (χ1n) is 5.79. The Balaban J connectivity index is 1.99. The standard InChI is InChI=1S/C12H14N4O2/c1-7-9(4-5-11(17)14-7)16-12(18)10-3-2-8(6-13)15-10/h2-3,7,9,15H,4-5H2,1H3,(H,14,17)(H,16,18). The molecule has 1 saturated heterocycles. The van der Waals surface area contributed by atoms with Gasteiger partial charge >= 0.3 is 0 Å². The van der Waals surface area contributed by atoms with Crippen LogP contribution in [0.4, 0.5) is 0 Å². The molecular formula is C12H14N4O2. The second-order valence-electron chi connectivity index (χ2n) is 4.37. The topological polar surface area (TPSA) is 97.8 Å². The van der Waals surface area contributed by atoms with Crippen molar-refractivity contribution in [1.29, 1.82) is 5.26 Å². The Hall–Kier alpha value is -2.29. The molecule has 0 aromatic carbocycles. The SMILES string of the molecule is CC1NC(=O)CCC1NC(=O)c1ccc(C#N)[nH]1. The zero-order valence-electron chi connectivity index (χ0n) is 9.99. The maximum atomic E-state index is 11.9. The predicted molar refractivity (Wildman–Crippen MR) is 63.6 cm³/mol. The number of nitrogens with one attached hydrogen (secondary N) is 3. The van der Waals surface area contributed by atoms with E-state index in [-0.39, 0.29) is 23.9 Å². The molecule has 0 aliphatic carbocycles. The van der Waals surface area contributed by atoms with Crippen molar-refractivity contribution in [3.63, 3.8) is 0 Å². The van der Waals surface area contributed by atoms with Crippen molar-refractivity contribution in [1.82, 2.24) is 15.6 Å². The molecule has 1 aromatic rings. The lowest BCUT2D eigenvalue weighted by molar-refractivity contribution is -0.123. The normalized spacial score (nSPS) is 23.0. The Bertz CT molecular complexity index is 514. The minimum atomic E-state index is -0.260. The number of amides is 2. The summed E-state index contributed by atoms with van der Waals surface area (Å²) in [5, 5.41) is 14.3. The molecule has 1 fully saturated rings. The van der Waals surface area contributed by atoms with Gasteiger partial charge in [-0.1, -0.05) is 0 Å². The van der Waals surface area contributed by atoms with Crippen LogP contribution in [0.2, 0.25) is 0 Å². The van der Waals surface area contributed by atoms with Crippen molar-refractivity contribution in [2.45, 2.75) is 31.8 Å². The number of carbonyl (C=O) groups is 2. The molecule has 1 aromatic heterocycles. The molecule has 1 aliphatic heterocycles. The molecule has 6 nitrogen and oxygen atoms in total. The fourth-order valence-electron chi connectivity index (χ4n) is 2.00. The molecule has 2 unspecified atom stereocenters. The van der Waals surface area contributed by atoms with Gasteiger partial charge in [-0.2, -0.15) is 5.26 Å². The summed E-state index contributed by atoms with van der Waals surface area (Å²) in [5.74, 6) is -0.246. The van der Waals surface area contributed by atoms with Crippen molar-refractivity contribution in [3.8, 4) is 6.07 Å². The third-order valence-corrected chi connectivity index (χ3v) is 3.04. The first kappa shape index (κ1) is 12.2. The third-order valence-electron chi connectivity index (χ3n) is 3.04. The lowest BCUT2D eigenvalue weighted by Gasteiger charge is -2.30. The number of H-pyrrole nitrogens is 1. The van der Waals surface area contributed by atoms with Crippen LogP contribution in [-0.4, -0.2) is 28.9 Å². The number of aromatic nitrogens is 1. The number of hydrogen-bond donors (Lipinski definition) is 3. The van der Waals surface area contributed by atoms with Gasteiger partial charge in [0.25, 0.3) is 5.91 Å². The fourth-order valence-corrected chi connectivity index (χ4v) is 2.00. The molecule has 18 heavy (non-hydrogen) atoms. The summed E-state index contributed by atoms with van der Waals surface area (Å²) in [6.45, 7) is 1.86. The van der Waals surface area contributed by atoms with Gasteiger partial charge in [0.1, 0.15) is 17.5 Å². The van der Waals surface area contributed by atoms with Crippen molar-refractivity contribution in [2.24, 2.45) is 0 Å². The van der Waals surface area contributed by atoms with Crippen LogP contribution >= 0.6 is 0 Å². The molecule has 2 heterocycles. The lowest BCUT2D eigenvalue weighted by atomic mass is 9.99. The molecular weight excluding hydrogens is 232 g/mol. The average Bonchev–Trinajstić information content (AvgIpc) is 2.81. The molecule has 0 saturated carbocycles. The summed E-state index contributed by atoms with van der Waals surface area (Å²) >= 11 is 0. The number of aromatic amines is 1. The van der Waals surface area contributed by atoms with Crippen molar-refractivity contribution >= 4 is 11.8 Å². The zero-order valence-corrected chi connectivity index (χ0v) is 9.99. The zero-order chi connectivity index (χ0) is 13.1. The third kappa shape index (κ3) is 2.51. The van der Waals surface area contributed by atoms with Gasteiger partial charge in [-0.15, -0.1) is 0 Å². The number of hydrogen-bond acceptors (Lipinski definition) is 3. The molecule has 1 aliphatic rings. The Labute approximate surface area is 104 Å². The van der Waals surface area contributed by atoms with Gasteiger partial charge in [-0.3, -0.25) is 9.59 Å². The molecule has 2 atom stereocenters. The van der Waals surface area contributed by atoms with E-state index in [2.05, 4.69) is 15.6 Å². The first-order chi connectivity index (χ1) is 8.60. The summed E-state index contributed by atoms with van der Waals surface area (Å²) < 4.78 is 0. The Morgan fingerprint density at radius 1 is 1.56 bits per heavy atom. The lowest BCUT2D eigenvalue weighted by Crippen LogP contribution is -2.54. The van der Waals surface area contributed by atoms with Gasteiger partial charge in [-0.25, -0.2) is 0 Å². The van der Waals surface area contributed by atoms with Crippen LogP contribution < -0.4 is 10.6 Å². The van der Waals surface area contributed by atoms with E-state index in [1.807, 2.05) is 13.0 Å². The second-order valence-corrected chi connectivity index (χ2v) is 4.37. The summed E-state index contributed by atoms with van der Waals surface area (Å²) in [6.07, 6.45) is 1.05. The summed E-state index contributed by atoms with van der Waals surface area (Å²) in [6, 6.07) is 4.89. The minimum Gasteiger partial charge on any atom is -0.352 e. The fraction of sp³-hybridized carbons (Fsp3) is 0.417. The van der Waals surface area contributed by atoms with Gasteiger partial charge in [-0.05, 0) is 25.5 Å². The van der Waals surface area contributed by atoms with Gasteiger partial charge in [0.05, 0.1) is 0 Å². The van der Waals surface area contributed by atoms with E-state index in [0.717, 1.165) is 0 Å². The number of nitrogens with zero attached hydrogens (tertiary/aromatic N) is 1. The largest absolute Gasteiger partial charge is 0.352 e. The van der Waals surface area contributed by atoms with Crippen molar-refractivity contribution in [2.75, 3.05) is 0 Å². The highest BCUT2D eigenvalue weighted by Gasteiger charge is 2.26. The molecule has 94 valence electrons. The Kier molecular flexibility index (Phi) is 3.33. The minimum absolute atomic E-state index is 0.0136. The van der Waals surface area contributed by atoms with E-state index in [9.17, 15) is 9.59 Å². The smallest absolute Gasteiger partial charge is 0.268 e. The number of nitriles is 1. The molecule has 0 bridgehead atoms. The van der Waals surface area contributed by atoms with Crippen LogP contribution in [-0.2, 0) is 4.79 Å². The molecule has 3 N–H and O–H groups in total. The van der Waals surface area contributed by atoms with Crippen molar-refractivity contribution < 1.29 is 9.59 Å². The van der Waals surface area contributed by atoms with Crippen LogP contribution in [0, 0.1) is 11.3 Å². The van der Waals surface area contributed by atoms with E-state index >= 15 is 0 Å². The van der Waals surface area contributed by atoms with E-state index in [4.69, 9.17) is 5.26 Å². The highest BCUT2D eigenvalue weighted by molar-refractivity contribution is 5.93. The maximum Gasteiger partial charge on any atom is 0.268 e. The highest BCUT2D eigenvalue weighted by atomic mass is 16.2. The molecule has 0 radical (unpaired) electrons. The molecule has 0 spiro atoms. The van der Waals surface area contributed by atoms with Crippen LogP contribution in [0.15, 0.2) is 12.1 Å². The molecule has 2 rings (SSSR count). The van der Waals surface area contributed by atoms with E-state index in [1.54, 1.807) is 12.1 Å². The monoisotopic (exact) mass is 246 g/mol. The van der Waals surface area contributed by atoms with Gasteiger partial charge in [0.15, 0.2) is 0 Å². The maximum absolute atomic E-state index is 11.9. The van der Waals surface area contributed by atoms with Gasteiger partial charge < -0.3 is 15.6 Å². The Morgan fingerprint density at radius 2 is 2.33 bits per heavy atom. The van der Waals surface area contributed by atoms with E-state index in [1.165, 1.54) is 0 Å². The first-order valence-corrected chi connectivity index (χ1v) is 5.79. The van der Waals surface area contributed by atoms with Crippen LogP contribution in [0.3, 0.4) is 0 Å². The van der Waals surface area contributed by atoms with Gasteiger partial charge in [0, 0.05) is 18.5 Å². The number of piperidine rings is 1. The molecule has 6 heteroatoms. The summed E-state index contributed by atoms with van der Waals surface area (Å²) in [4.78, 5) is 25.8. The van der Waals surface area contributed by atoms with Gasteiger partial charge in [0.2, 0.25) is 5.91 Å². The highest BCUT2D eigenvalue weighted by Crippen LogP contribution is 2.10. The Morgan fingerprint density at radius 3 is 2.94 bits per heavy atom. The quantitative estimate of drug-likeness (QED) is 0.699. The average molecular weight is 246 g/mol. The predicted octanol–water partition coefficient (Wildman–Crippen LogP) is 0.283. The summed E-state index contributed by atoms with van der Waals surface area (Å²) in [5.41, 5.74) is 0.709. The van der Waals surface area contributed by atoms with Crippen LogP contribution in [0.5, 0.6) is 0 Å². The number of carbonyl (C=O) groups excluding carboxylic acids is 2. The van der Waals surface area contributed by atoms with E-state index in [0.29, 0.717) is 24.2 Å². The number of rotatable bonds is 2. The van der Waals surface area contributed by atoms with Crippen LogP contribution in [0.1, 0.15) is 35.9 Å². The summed E-state index contributed by atoms with van der Waals surface area (Å²) in [7, 11) is 0. The molecule has 2 amide bonds. The van der Waals surface area contributed by atoms with E-state index < -0.39 is 0 Å².